The van der Waals surface area contributed by atoms with Crippen LogP contribution in [0.15, 0.2) is 40.8 Å². The van der Waals surface area contributed by atoms with Gasteiger partial charge in [-0.05, 0) is 36.4 Å². The summed E-state index contributed by atoms with van der Waals surface area (Å²) in [7, 11) is 4.74. The second-order valence-corrected chi connectivity index (χ2v) is 4.85. The Morgan fingerprint density at radius 1 is 0.870 bits per heavy atom. The van der Waals surface area contributed by atoms with Crippen LogP contribution in [-0.4, -0.2) is 21.3 Å². The van der Waals surface area contributed by atoms with Crippen molar-refractivity contribution in [2.45, 2.75) is 0 Å². The van der Waals surface area contributed by atoms with E-state index in [-0.39, 0.29) is 0 Å². The Kier molecular flexibility index (Phi) is 3.82. The third-order valence-electron chi connectivity index (χ3n) is 3.66. The van der Waals surface area contributed by atoms with Crippen molar-refractivity contribution in [1.82, 2.24) is 0 Å². The molecule has 0 unspecified atom stereocenters. The highest BCUT2D eigenvalue weighted by atomic mass is 16.5. The van der Waals surface area contributed by atoms with Gasteiger partial charge in [0, 0.05) is 10.9 Å². The minimum atomic E-state index is 0.538. The summed E-state index contributed by atoms with van der Waals surface area (Å²) in [4.78, 5) is 0. The molecule has 0 fully saturated rings. The average molecular weight is 309 g/mol. The van der Waals surface area contributed by atoms with Crippen LogP contribution in [0.4, 0.5) is 0 Å². The molecule has 23 heavy (non-hydrogen) atoms. The lowest BCUT2D eigenvalue weighted by atomic mass is 10.1. The van der Waals surface area contributed by atoms with Gasteiger partial charge in [0.1, 0.15) is 5.76 Å². The van der Waals surface area contributed by atoms with E-state index in [0.29, 0.717) is 34.2 Å². The molecule has 0 atom stereocenters. The van der Waals surface area contributed by atoms with Crippen LogP contribution in [0.3, 0.4) is 0 Å². The van der Waals surface area contributed by atoms with E-state index in [9.17, 15) is 5.26 Å². The number of hydrogen-bond donors (Lipinski definition) is 0. The Labute approximate surface area is 133 Å². The molecule has 0 saturated heterocycles. The van der Waals surface area contributed by atoms with Gasteiger partial charge in [-0.25, -0.2) is 0 Å². The number of furan rings is 1. The molecule has 1 heterocycles. The lowest BCUT2D eigenvalue weighted by Crippen LogP contribution is -1.90. The summed E-state index contributed by atoms with van der Waals surface area (Å²) in [6.45, 7) is 0. The number of fused-ring (bicyclic) bond motifs is 1. The molecular weight excluding hydrogens is 294 g/mol. The molecule has 5 nitrogen and oxygen atoms in total. The second kappa shape index (κ2) is 5.93. The summed E-state index contributed by atoms with van der Waals surface area (Å²) in [6.07, 6.45) is 0. The zero-order valence-electron chi connectivity index (χ0n) is 13.0. The van der Waals surface area contributed by atoms with E-state index in [0.717, 1.165) is 10.9 Å². The van der Waals surface area contributed by atoms with Crippen molar-refractivity contribution < 1.29 is 18.6 Å². The number of benzene rings is 2. The summed E-state index contributed by atoms with van der Waals surface area (Å²) in [5.41, 5.74) is 1.91. The van der Waals surface area contributed by atoms with E-state index in [1.54, 1.807) is 33.5 Å². The maximum Gasteiger partial charge on any atom is 0.177 e. The predicted octanol–water partition coefficient (Wildman–Crippen LogP) is 4.00. The third kappa shape index (κ3) is 2.44. The molecule has 3 aromatic rings. The smallest absolute Gasteiger partial charge is 0.177 e. The van der Waals surface area contributed by atoms with E-state index in [1.165, 1.54) is 0 Å². The highest BCUT2D eigenvalue weighted by Gasteiger charge is 2.15. The quantitative estimate of drug-likeness (QED) is 0.729. The van der Waals surface area contributed by atoms with Gasteiger partial charge >= 0.3 is 0 Å². The standard InChI is InChI=1S/C18H15NO4/c1-20-14-6-4-11(8-17(14)22-3)16-9-13-12(10-19)5-7-15(21-2)18(13)23-16/h4-9H,1-3H3. The summed E-state index contributed by atoms with van der Waals surface area (Å²) < 4.78 is 21.8. The van der Waals surface area contributed by atoms with Crippen molar-refractivity contribution in [3.8, 4) is 34.6 Å². The van der Waals surface area contributed by atoms with Crippen molar-refractivity contribution in [2.24, 2.45) is 0 Å². The van der Waals surface area contributed by atoms with Crippen LogP contribution in [0.2, 0.25) is 0 Å². The Bertz CT molecular complexity index is 905. The first kappa shape index (κ1) is 14.8. The lowest BCUT2D eigenvalue weighted by Gasteiger charge is -2.08. The first-order valence-electron chi connectivity index (χ1n) is 6.95. The van der Waals surface area contributed by atoms with Gasteiger partial charge in [0.25, 0.3) is 0 Å². The monoisotopic (exact) mass is 309 g/mol. The molecule has 0 spiro atoms. The maximum absolute atomic E-state index is 9.26. The van der Waals surface area contributed by atoms with Crippen LogP contribution in [0, 0.1) is 11.3 Å². The zero-order valence-corrected chi connectivity index (χ0v) is 13.0. The van der Waals surface area contributed by atoms with E-state index in [1.807, 2.05) is 24.3 Å². The van der Waals surface area contributed by atoms with Gasteiger partial charge in [0.05, 0.1) is 33.0 Å². The van der Waals surface area contributed by atoms with E-state index in [2.05, 4.69) is 6.07 Å². The highest BCUT2D eigenvalue weighted by molar-refractivity contribution is 5.92. The van der Waals surface area contributed by atoms with Crippen LogP contribution in [0.5, 0.6) is 17.2 Å². The molecule has 3 rings (SSSR count). The summed E-state index contributed by atoms with van der Waals surface area (Å²) >= 11 is 0. The molecule has 0 aliphatic carbocycles. The van der Waals surface area contributed by atoms with Crippen molar-refractivity contribution >= 4 is 11.0 Å². The molecule has 0 bridgehead atoms. The van der Waals surface area contributed by atoms with Gasteiger partial charge < -0.3 is 18.6 Å². The molecule has 5 heteroatoms. The van der Waals surface area contributed by atoms with Gasteiger partial charge in [-0.15, -0.1) is 0 Å². The second-order valence-electron chi connectivity index (χ2n) is 4.85. The molecule has 0 N–H and O–H groups in total. The van der Waals surface area contributed by atoms with E-state index in [4.69, 9.17) is 18.6 Å². The Morgan fingerprint density at radius 2 is 1.57 bits per heavy atom. The first-order chi connectivity index (χ1) is 11.2. The van der Waals surface area contributed by atoms with Gasteiger partial charge in [-0.3, -0.25) is 0 Å². The molecule has 1 aromatic heterocycles. The summed E-state index contributed by atoms with van der Waals surface area (Å²) in [6, 6.07) is 13.0. The number of methoxy groups -OCH3 is 3. The van der Waals surface area contributed by atoms with Crippen molar-refractivity contribution in [1.29, 1.82) is 5.26 Å². The fourth-order valence-electron chi connectivity index (χ4n) is 2.49. The maximum atomic E-state index is 9.26. The Morgan fingerprint density at radius 3 is 2.22 bits per heavy atom. The zero-order chi connectivity index (χ0) is 16.4. The molecule has 2 aromatic carbocycles. The fraction of sp³-hybridized carbons (Fsp3) is 0.167. The summed E-state index contributed by atoms with van der Waals surface area (Å²) in [5, 5.41) is 9.98. The first-order valence-corrected chi connectivity index (χ1v) is 6.95. The molecule has 0 radical (unpaired) electrons. The minimum absolute atomic E-state index is 0.538. The van der Waals surface area contributed by atoms with Crippen LogP contribution in [0.25, 0.3) is 22.3 Å². The average Bonchev–Trinajstić information content (AvgIpc) is 3.05. The van der Waals surface area contributed by atoms with E-state index >= 15 is 0 Å². The minimum Gasteiger partial charge on any atom is -0.493 e. The van der Waals surface area contributed by atoms with Crippen LogP contribution >= 0.6 is 0 Å². The SMILES string of the molecule is COc1ccc(-c2cc3c(C#N)ccc(OC)c3o2)cc1OC. The third-order valence-corrected chi connectivity index (χ3v) is 3.66. The van der Waals surface area contributed by atoms with Crippen molar-refractivity contribution in [3.63, 3.8) is 0 Å². The molecular formula is C18H15NO4. The van der Waals surface area contributed by atoms with E-state index < -0.39 is 0 Å². The fourth-order valence-corrected chi connectivity index (χ4v) is 2.49. The molecule has 0 aliphatic heterocycles. The predicted molar refractivity (Wildman–Crippen MR) is 86.0 cm³/mol. The molecule has 0 amide bonds. The van der Waals surface area contributed by atoms with Crippen LogP contribution < -0.4 is 14.2 Å². The Hall–Kier alpha value is -3.13. The number of nitrogens with zero attached hydrogens (tertiary/aromatic N) is 1. The van der Waals surface area contributed by atoms with Crippen LogP contribution in [-0.2, 0) is 0 Å². The van der Waals surface area contributed by atoms with Crippen molar-refractivity contribution in [2.75, 3.05) is 21.3 Å². The largest absolute Gasteiger partial charge is 0.493 e. The number of rotatable bonds is 4. The topological polar surface area (TPSA) is 64.6 Å². The number of hydrogen-bond acceptors (Lipinski definition) is 5. The molecule has 116 valence electrons. The molecule has 0 aliphatic rings. The van der Waals surface area contributed by atoms with Crippen LogP contribution in [0.1, 0.15) is 5.56 Å². The van der Waals surface area contributed by atoms with Gasteiger partial charge in [-0.1, -0.05) is 0 Å². The lowest BCUT2D eigenvalue weighted by molar-refractivity contribution is 0.355. The van der Waals surface area contributed by atoms with Crippen molar-refractivity contribution in [3.05, 3.63) is 42.0 Å². The number of nitriles is 1. The van der Waals surface area contributed by atoms with Gasteiger partial charge in [0.15, 0.2) is 22.8 Å². The normalized spacial score (nSPS) is 10.3. The Balaban J connectivity index is 2.19. The molecule has 0 saturated carbocycles. The number of ether oxygens (including phenoxy) is 3. The van der Waals surface area contributed by atoms with Gasteiger partial charge in [-0.2, -0.15) is 5.26 Å². The van der Waals surface area contributed by atoms with Gasteiger partial charge in [0.2, 0.25) is 0 Å². The summed E-state index contributed by atoms with van der Waals surface area (Å²) in [5.74, 6) is 2.47. The highest BCUT2D eigenvalue weighted by Crippen LogP contribution is 2.38.